The molecule has 3 saturated heterocycles. The van der Waals surface area contributed by atoms with Crippen LogP contribution in [0.25, 0.3) is 0 Å². The molecule has 0 aromatic heterocycles. The lowest BCUT2D eigenvalue weighted by Crippen LogP contribution is -2.57. The number of halogens is 1. The molecule has 166 valence electrons. The van der Waals surface area contributed by atoms with Crippen LogP contribution in [0.2, 0.25) is 0 Å². The zero-order valence-corrected chi connectivity index (χ0v) is 18.2. The molecule has 2 N–H and O–H groups in total. The van der Waals surface area contributed by atoms with E-state index in [1.807, 2.05) is 32.9 Å². The molecule has 7 heteroatoms. The zero-order valence-electron chi connectivity index (χ0n) is 18.2. The lowest BCUT2D eigenvalue weighted by molar-refractivity contribution is -0.133. The summed E-state index contributed by atoms with van der Waals surface area (Å²) in [5, 5.41) is 6.37. The van der Waals surface area contributed by atoms with E-state index in [1.54, 1.807) is 6.07 Å². The number of rotatable bonds is 5. The van der Waals surface area contributed by atoms with Crippen molar-refractivity contribution in [2.45, 2.75) is 76.7 Å². The van der Waals surface area contributed by atoms with Crippen molar-refractivity contribution in [1.82, 2.24) is 5.32 Å². The number of ether oxygens (including phenoxy) is 2. The second-order valence-electron chi connectivity index (χ2n) is 9.93. The number of hydrogen-bond acceptors (Lipinski definition) is 5. The Morgan fingerprint density at radius 2 is 1.87 bits per heavy atom. The molecule has 1 saturated carbocycles. The van der Waals surface area contributed by atoms with Crippen LogP contribution in [0, 0.1) is 11.7 Å². The Kier molecular flexibility index (Phi) is 6.09. The van der Waals surface area contributed by atoms with Crippen molar-refractivity contribution in [3.8, 4) is 0 Å². The van der Waals surface area contributed by atoms with Crippen molar-refractivity contribution in [3.63, 3.8) is 0 Å². The standard InChI is InChI=1S/C23H34FN3O3/c1-23(2,3)30-22(28)26-16-6-4-15(5-7-16)12-25-17-8-9-21(20(24)10-17)27-13-18-11-19(14-27)29-18/h8-10,15-16,18-19,25H,4-7,11-14H2,1-3H3,(H,26,28)/t15-,16-,18?,19?. The maximum absolute atomic E-state index is 14.7. The summed E-state index contributed by atoms with van der Waals surface area (Å²) in [6.45, 7) is 7.98. The van der Waals surface area contributed by atoms with E-state index < -0.39 is 5.60 Å². The lowest BCUT2D eigenvalue weighted by Gasteiger charge is -2.48. The summed E-state index contributed by atoms with van der Waals surface area (Å²) in [5.41, 5.74) is 1.02. The summed E-state index contributed by atoms with van der Waals surface area (Å²) in [5.74, 6) is 0.349. The van der Waals surface area contributed by atoms with Gasteiger partial charge in [0, 0.05) is 37.8 Å². The minimum Gasteiger partial charge on any atom is -0.444 e. The average molecular weight is 420 g/mol. The van der Waals surface area contributed by atoms with E-state index in [0.29, 0.717) is 11.6 Å². The van der Waals surface area contributed by atoms with Crippen molar-refractivity contribution in [3.05, 3.63) is 24.0 Å². The number of carbonyl (C=O) groups is 1. The predicted molar refractivity (Wildman–Crippen MR) is 115 cm³/mol. The number of alkyl carbamates (subject to hydrolysis) is 1. The third-order valence-corrected chi connectivity index (χ3v) is 6.21. The van der Waals surface area contributed by atoms with Crippen molar-refractivity contribution in [2.75, 3.05) is 29.9 Å². The summed E-state index contributed by atoms with van der Waals surface area (Å²) in [6, 6.07) is 5.62. The van der Waals surface area contributed by atoms with Crippen molar-refractivity contribution in [2.24, 2.45) is 5.92 Å². The quantitative estimate of drug-likeness (QED) is 0.745. The number of nitrogens with zero attached hydrogens (tertiary/aromatic N) is 1. The Bertz CT molecular complexity index is 743. The summed E-state index contributed by atoms with van der Waals surface area (Å²) >= 11 is 0. The van der Waals surface area contributed by atoms with Gasteiger partial charge in [-0.15, -0.1) is 0 Å². The highest BCUT2D eigenvalue weighted by Gasteiger charge is 2.39. The molecule has 5 rings (SSSR count). The van der Waals surface area contributed by atoms with Crippen LogP contribution in [0.1, 0.15) is 52.9 Å². The van der Waals surface area contributed by atoms with E-state index in [1.165, 1.54) is 0 Å². The molecular weight excluding hydrogens is 385 g/mol. The molecule has 6 nitrogen and oxygen atoms in total. The Labute approximate surface area is 178 Å². The van der Waals surface area contributed by atoms with Gasteiger partial charge < -0.3 is 25.0 Å². The molecule has 1 amide bonds. The zero-order chi connectivity index (χ0) is 21.3. The fourth-order valence-electron chi connectivity index (χ4n) is 4.67. The Hall–Kier alpha value is -2.02. The van der Waals surface area contributed by atoms with Gasteiger partial charge >= 0.3 is 6.09 Å². The van der Waals surface area contributed by atoms with Crippen molar-refractivity contribution >= 4 is 17.5 Å². The van der Waals surface area contributed by atoms with Gasteiger partial charge in [0.25, 0.3) is 0 Å². The number of hydrogen-bond donors (Lipinski definition) is 2. The predicted octanol–water partition coefficient (Wildman–Crippen LogP) is 4.30. The van der Waals surface area contributed by atoms with E-state index in [-0.39, 0.29) is 30.2 Å². The highest BCUT2D eigenvalue weighted by atomic mass is 19.1. The number of morpholine rings is 1. The molecule has 1 aliphatic carbocycles. The number of fused-ring (bicyclic) bond motifs is 2. The van der Waals surface area contributed by atoms with Crippen LogP contribution in [-0.2, 0) is 9.47 Å². The van der Waals surface area contributed by atoms with Crippen LogP contribution in [-0.4, -0.2) is 49.6 Å². The third kappa shape index (κ3) is 5.36. The number of carbonyl (C=O) groups excluding carboxylic acids is 1. The van der Waals surface area contributed by atoms with Gasteiger partial charge in [-0.1, -0.05) is 0 Å². The number of benzene rings is 1. The van der Waals surface area contributed by atoms with Gasteiger partial charge in [0.1, 0.15) is 11.4 Å². The number of piperidine rings is 1. The van der Waals surface area contributed by atoms with Gasteiger partial charge in [0.05, 0.1) is 17.9 Å². The molecule has 3 aliphatic heterocycles. The van der Waals surface area contributed by atoms with E-state index in [0.717, 1.165) is 57.4 Å². The number of anilines is 2. The van der Waals surface area contributed by atoms with Gasteiger partial charge in [-0.2, -0.15) is 0 Å². The first kappa shape index (κ1) is 21.2. The Balaban J connectivity index is 1.20. The van der Waals surface area contributed by atoms with E-state index in [4.69, 9.17) is 9.47 Å². The van der Waals surface area contributed by atoms with E-state index >= 15 is 0 Å². The average Bonchev–Trinajstić information content (AvgIpc) is 2.65. The van der Waals surface area contributed by atoms with Gasteiger partial charge in [-0.05, 0) is 70.6 Å². The monoisotopic (exact) mass is 419 g/mol. The second-order valence-corrected chi connectivity index (χ2v) is 9.93. The second kappa shape index (κ2) is 8.61. The molecule has 2 bridgehead atoms. The molecule has 2 unspecified atom stereocenters. The fourth-order valence-corrected chi connectivity index (χ4v) is 4.67. The number of nitrogens with one attached hydrogen (secondary N) is 2. The lowest BCUT2D eigenvalue weighted by atomic mass is 9.86. The van der Waals surface area contributed by atoms with Gasteiger partial charge in [0.15, 0.2) is 0 Å². The Morgan fingerprint density at radius 1 is 1.20 bits per heavy atom. The van der Waals surface area contributed by atoms with E-state index in [2.05, 4.69) is 15.5 Å². The van der Waals surface area contributed by atoms with Crippen LogP contribution >= 0.6 is 0 Å². The summed E-state index contributed by atoms with van der Waals surface area (Å²) in [7, 11) is 0. The molecule has 1 aromatic rings. The van der Waals surface area contributed by atoms with Crippen LogP contribution < -0.4 is 15.5 Å². The smallest absolute Gasteiger partial charge is 0.407 e. The highest BCUT2D eigenvalue weighted by molar-refractivity contribution is 5.68. The topological polar surface area (TPSA) is 62.8 Å². The van der Waals surface area contributed by atoms with Crippen LogP contribution in [0.5, 0.6) is 0 Å². The highest BCUT2D eigenvalue weighted by Crippen LogP contribution is 2.33. The largest absolute Gasteiger partial charge is 0.444 e. The minimum atomic E-state index is -0.474. The molecule has 30 heavy (non-hydrogen) atoms. The van der Waals surface area contributed by atoms with Crippen molar-refractivity contribution < 1.29 is 18.7 Å². The van der Waals surface area contributed by atoms with Gasteiger partial charge in [0.2, 0.25) is 0 Å². The molecule has 1 aromatic carbocycles. The first-order chi connectivity index (χ1) is 14.2. The summed E-state index contributed by atoms with van der Waals surface area (Å²) < 4.78 is 25.6. The molecule has 4 fully saturated rings. The van der Waals surface area contributed by atoms with E-state index in [9.17, 15) is 9.18 Å². The normalized spacial score (nSPS) is 28.5. The van der Waals surface area contributed by atoms with Gasteiger partial charge in [-0.25, -0.2) is 9.18 Å². The van der Waals surface area contributed by atoms with Crippen LogP contribution in [0.4, 0.5) is 20.6 Å². The summed E-state index contributed by atoms with van der Waals surface area (Å²) in [4.78, 5) is 14.0. The third-order valence-electron chi connectivity index (χ3n) is 6.21. The minimum absolute atomic E-state index is 0.174. The molecule has 4 aliphatic rings. The first-order valence-corrected chi connectivity index (χ1v) is 11.2. The molecule has 0 spiro atoms. The van der Waals surface area contributed by atoms with Crippen molar-refractivity contribution in [1.29, 1.82) is 0 Å². The Morgan fingerprint density at radius 3 is 2.47 bits per heavy atom. The first-order valence-electron chi connectivity index (χ1n) is 11.2. The molecular formula is C23H34FN3O3. The van der Waals surface area contributed by atoms with Crippen LogP contribution in [0.3, 0.4) is 0 Å². The summed E-state index contributed by atoms with van der Waals surface area (Å²) in [6.07, 6.45) is 5.25. The maximum Gasteiger partial charge on any atom is 0.407 e. The fraction of sp³-hybridized carbons (Fsp3) is 0.696. The SMILES string of the molecule is CC(C)(C)OC(=O)N[C@H]1CC[C@H](CNc2ccc(N3CC4CC(C3)O4)c(F)c2)CC1. The molecule has 0 radical (unpaired) electrons. The molecule has 3 heterocycles. The molecule has 2 atom stereocenters. The van der Waals surface area contributed by atoms with Gasteiger partial charge in [-0.3, -0.25) is 0 Å². The van der Waals surface area contributed by atoms with Crippen LogP contribution in [0.15, 0.2) is 18.2 Å². The maximum atomic E-state index is 14.7. The number of amides is 1.